The van der Waals surface area contributed by atoms with Crippen molar-refractivity contribution in [2.45, 2.75) is 58.3 Å². The highest BCUT2D eigenvalue weighted by Gasteiger charge is 2.51. The van der Waals surface area contributed by atoms with Crippen molar-refractivity contribution in [3.8, 4) is 0 Å². The smallest absolute Gasteiger partial charge is 0.340 e. The molecule has 5 heteroatoms. The highest BCUT2D eigenvalue weighted by atomic mass is 16.6. The fraction of sp³-hybridized carbons (Fsp3) is 0.833. The second-order valence-corrected chi connectivity index (χ2v) is 5.37. The molecule has 0 aromatic rings. The first-order valence-electron chi connectivity index (χ1n) is 5.86. The zero-order valence-electron chi connectivity index (χ0n) is 11.1. The van der Waals surface area contributed by atoms with Crippen LogP contribution in [0.2, 0.25) is 0 Å². The Balaban J connectivity index is 2.84. The molecule has 5 nitrogen and oxygen atoms in total. The minimum absolute atomic E-state index is 0.0666. The van der Waals surface area contributed by atoms with Crippen molar-refractivity contribution < 1.29 is 19.1 Å². The van der Waals surface area contributed by atoms with Crippen LogP contribution in [-0.4, -0.2) is 35.7 Å². The van der Waals surface area contributed by atoms with Gasteiger partial charge in [0.25, 0.3) is 0 Å². The molecule has 1 amide bonds. The molecule has 98 valence electrons. The van der Waals surface area contributed by atoms with Crippen molar-refractivity contribution >= 4 is 11.9 Å². The van der Waals surface area contributed by atoms with Crippen LogP contribution in [0.1, 0.15) is 41.0 Å². The summed E-state index contributed by atoms with van der Waals surface area (Å²) in [6.45, 7) is 9.30. The van der Waals surface area contributed by atoms with Crippen molar-refractivity contribution in [2.24, 2.45) is 0 Å². The predicted octanol–water partition coefficient (Wildman–Crippen LogP) is 1.01. The van der Waals surface area contributed by atoms with E-state index in [-0.39, 0.29) is 11.9 Å². The van der Waals surface area contributed by atoms with Gasteiger partial charge in [-0.25, -0.2) is 4.79 Å². The summed E-state index contributed by atoms with van der Waals surface area (Å²) in [4.78, 5) is 23.0. The number of nitrogens with one attached hydrogen (secondary N) is 1. The minimum atomic E-state index is -1.12. The van der Waals surface area contributed by atoms with Crippen molar-refractivity contribution in [3.63, 3.8) is 0 Å². The molecule has 0 saturated carbocycles. The summed E-state index contributed by atoms with van der Waals surface area (Å²) < 4.78 is 10.8. The lowest BCUT2D eigenvalue weighted by molar-refractivity contribution is -0.197. The van der Waals surface area contributed by atoms with Gasteiger partial charge in [0.1, 0.15) is 0 Å². The fourth-order valence-corrected chi connectivity index (χ4v) is 1.86. The van der Waals surface area contributed by atoms with Crippen molar-refractivity contribution in [2.75, 3.05) is 6.61 Å². The maximum Gasteiger partial charge on any atom is 0.340 e. The third-order valence-corrected chi connectivity index (χ3v) is 2.59. The molecule has 1 rings (SSSR count). The fourth-order valence-electron chi connectivity index (χ4n) is 1.86. The molecule has 1 aliphatic heterocycles. The number of rotatable bonds is 4. The third-order valence-electron chi connectivity index (χ3n) is 2.59. The average Bonchev–Trinajstić information content (AvgIpc) is 2.10. The molecule has 2 atom stereocenters. The minimum Gasteiger partial charge on any atom is -0.464 e. The van der Waals surface area contributed by atoms with E-state index in [2.05, 4.69) is 5.32 Å². The molecular formula is C12H21NO4. The highest BCUT2D eigenvalue weighted by Crippen LogP contribution is 2.30. The van der Waals surface area contributed by atoms with E-state index < -0.39 is 17.2 Å². The molecule has 0 aliphatic carbocycles. The molecule has 17 heavy (non-hydrogen) atoms. The van der Waals surface area contributed by atoms with Gasteiger partial charge in [0, 0.05) is 0 Å². The molecular weight excluding hydrogens is 222 g/mol. The van der Waals surface area contributed by atoms with E-state index in [0.29, 0.717) is 13.0 Å². The second-order valence-electron chi connectivity index (χ2n) is 5.37. The predicted molar refractivity (Wildman–Crippen MR) is 62.4 cm³/mol. The number of β-lactam (4-membered cyclic amide) rings is 1. The molecule has 1 N–H and O–H groups in total. The molecule has 0 aromatic heterocycles. The van der Waals surface area contributed by atoms with Gasteiger partial charge >= 0.3 is 5.97 Å². The largest absolute Gasteiger partial charge is 0.464 e. The zero-order valence-corrected chi connectivity index (χ0v) is 11.1. The van der Waals surface area contributed by atoms with Crippen LogP contribution in [0.4, 0.5) is 0 Å². The Hall–Kier alpha value is -1.10. The summed E-state index contributed by atoms with van der Waals surface area (Å²) in [6.07, 6.45) is 0.297. The summed E-state index contributed by atoms with van der Waals surface area (Å²) in [6, 6.07) is -0.312. The van der Waals surface area contributed by atoms with Gasteiger partial charge in [-0.2, -0.15) is 0 Å². The van der Waals surface area contributed by atoms with Gasteiger partial charge in [-0.15, -0.1) is 0 Å². The topological polar surface area (TPSA) is 64.6 Å². The number of ether oxygens (including phenoxy) is 2. The van der Waals surface area contributed by atoms with Gasteiger partial charge in [0.05, 0.1) is 24.7 Å². The molecule has 0 radical (unpaired) electrons. The van der Waals surface area contributed by atoms with Gasteiger partial charge in [-0.1, -0.05) is 0 Å². The SMILES string of the molecule is CCOC(=O)C(C)(OC(C)(C)C)C1CC(=O)N1. The highest BCUT2D eigenvalue weighted by molar-refractivity contribution is 5.89. The average molecular weight is 243 g/mol. The summed E-state index contributed by atoms with van der Waals surface area (Å²) in [5, 5.41) is 2.68. The number of esters is 1. The quantitative estimate of drug-likeness (QED) is 0.591. The summed E-state index contributed by atoms with van der Waals surface area (Å²) in [7, 11) is 0. The Bertz CT molecular complexity index is 313. The van der Waals surface area contributed by atoms with Crippen molar-refractivity contribution in [1.82, 2.24) is 5.32 Å². The van der Waals surface area contributed by atoms with Gasteiger partial charge < -0.3 is 14.8 Å². The Morgan fingerprint density at radius 1 is 1.41 bits per heavy atom. The van der Waals surface area contributed by atoms with E-state index in [4.69, 9.17) is 9.47 Å². The van der Waals surface area contributed by atoms with Gasteiger partial charge in [0.2, 0.25) is 5.91 Å². The first-order valence-corrected chi connectivity index (χ1v) is 5.86. The second kappa shape index (κ2) is 4.64. The molecule has 1 saturated heterocycles. The van der Waals surface area contributed by atoms with Crippen LogP contribution in [-0.2, 0) is 19.1 Å². The van der Waals surface area contributed by atoms with Crippen LogP contribution in [0, 0.1) is 0 Å². The van der Waals surface area contributed by atoms with Crippen LogP contribution in [0.15, 0.2) is 0 Å². The summed E-state index contributed by atoms with van der Waals surface area (Å²) in [5.41, 5.74) is -1.61. The molecule has 1 fully saturated rings. The van der Waals surface area contributed by atoms with Crippen LogP contribution in [0.3, 0.4) is 0 Å². The van der Waals surface area contributed by atoms with E-state index in [1.807, 2.05) is 20.8 Å². The van der Waals surface area contributed by atoms with E-state index in [1.165, 1.54) is 0 Å². The molecule has 1 aliphatic rings. The Kier molecular flexibility index (Phi) is 3.81. The van der Waals surface area contributed by atoms with E-state index >= 15 is 0 Å². The number of carbonyl (C=O) groups is 2. The van der Waals surface area contributed by atoms with E-state index in [0.717, 1.165) is 0 Å². The van der Waals surface area contributed by atoms with Crippen LogP contribution in [0.5, 0.6) is 0 Å². The van der Waals surface area contributed by atoms with Gasteiger partial charge in [0.15, 0.2) is 5.60 Å². The molecule has 0 bridgehead atoms. The number of hydrogen-bond acceptors (Lipinski definition) is 4. The standard InChI is InChI=1S/C12H21NO4/c1-6-16-10(15)12(5,17-11(2,3)4)8-7-9(14)13-8/h8H,6-7H2,1-5H3,(H,13,14). The monoisotopic (exact) mass is 243 g/mol. The Morgan fingerprint density at radius 3 is 2.29 bits per heavy atom. The molecule has 0 aromatic carbocycles. The Labute approximate surface area is 102 Å². The Morgan fingerprint density at radius 2 is 1.94 bits per heavy atom. The zero-order chi connectivity index (χ0) is 13.3. The summed E-state index contributed by atoms with van der Waals surface area (Å²) >= 11 is 0. The lowest BCUT2D eigenvalue weighted by atomic mass is 9.87. The first kappa shape index (κ1) is 14.0. The number of hydrogen-bond donors (Lipinski definition) is 1. The van der Waals surface area contributed by atoms with Gasteiger partial charge in [-0.05, 0) is 34.6 Å². The van der Waals surface area contributed by atoms with E-state index in [1.54, 1.807) is 13.8 Å². The normalized spacial score (nSPS) is 23.4. The first-order chi connectivity index (χ1) is 7.69. The maximum atomic E-state index is 12.0. The molecule has 1 heterocycles. The van der Waals surface area contributed by atoms with Crippen LogP contribution >= 0.6 is 0 Å². The van der Waals surface area contributed by atoms with E-state index in [9.17, 15) is 9.59 Å². The lowest BCUT2D eigenvalue weighted by Crippen LogP contribution is -2.66. The van der Waals surface area contributed by atoms with Crippen molar-refractivity contribution in [3.05, 3.63) is 0 Å². The number of amides is 1. The van der Waals surface area contributed by atoms with Crippen LogP contribution in [0.25, 0.3) is 0 Å². The van der Waals surface area contributed by atoms with Crippen LogP contribution < -0.4 is 5.32 Å². The molecule has 0 spiro atoms. The lowest BCUT2D eigenvalue weighted by Gasteiger charge is -2.43. The summed E-state index contributed by atoms with van der Waals surface area (Å²) in [5.74, 6) is -0.497. The van der Waals surface area contributed by atoms with Gasteiger partial charge in [-0.3, -0.25) is 4.79 Å². The molecule has 2 unspecified atom stereocenters. The number of carbonyl (C=O) groups excluding carboxylic acids is 2. The third kappa shape index (κ3) is 3.19. The maximum absolute atomic E-state index is 12.0. The van der Waals surface area contributed by atoms with Crippen molar-refractivity contribution in [1.29, 1.82) is 0 Å².